The molecule has 5 heteroatoms. The number of nitrogens with one attached hydrogen (secondary N) is 1. The fourth-order valence-electron chi connectivity index (χ4n) is 0.856. The molecule has 0 aromatic rings. The first-order valence-electron chi connectivity index (χ1n) is 4.22. The van der Waals surface area contributed by atoms with E-state index in [2.05, 4.69) is 5.32 Å². The van der Waals surface area contributed by atoms with Crippen LogP contribution in [0, 0.1) is 0 Å². The number of hydrogen-bond acceptors (Lipinski definition) is 3. The van der Waals surface area contributed by atoms with Crippen molar-refractivity contribution >= 4 is 23.6 Å². The monoisotopic (exact) mass is 205 g/mol. The maximum atomic E-state index is 11.0. The molecule has 0 aliphatic heterocycles. The minimum atomic E-state index is -0.918. The summed E-state index contributed by atoms with van der Waals surface area (Å²) in [6.07, 6.45) is 0.0572. The summed E-state index contributed by atoms with van der Waals surface area (Å²) in [4.78, 5) is 21.7. The Kier molecular flexibility index (Phi) is 6.40. The van der Waals surface area contributed by atoms with E-state index in [0.29, 0.717) is 12.3 Å². The van der Waals surface area contributed by atoms with Gasteiger partial charge in [-0.3, -0.25) is 9.59 Å². The molecule has 4 nitrogen and oxygen atoms in total. The Bertz CT molecular complexity index is 184. The van der Waals surface area contributed by atoms with Gasteiger partial charge in [-0.05, 0) is 12.7 Å². The lowest BCUT2D eigenvalue weighted by Crippen LogP contribution is -2.29. The van der Waals surface area contributed by atoms with Crippen LogP contribution in [0.25, 0.3) is 0 Å². The summed E-state index contributed by atoms with van der Waals surface area (Å²) in [6, 6.07) is 0. The first kappa shape index (κ1) is 12.3. The predicted octanol–water partition coefficient (Wildman–Crippen LogP) is 0.719. The fourth-order valence-corrected chi connectivity index (χ4v) is 1.67. The van der Waals surface area contributed by atoms with Crippen molar-refractivity contribution in [1.29, 1.82) is 0 Å². The van der Waals surface area contributed by atoms with Gasteiger partial charge in [-0.15, -0.1) is 11.8 Å². The lowest BCUT2D eigenvalue weighted by molar-refractivity contribution is -0.138. The molecule has 13 heavy (non-hydrogen) atoms. The summed E-state index contributed by atoms with van der Waals surface area (Å²) < 4.78 is 0. The van der Waals surface area contributed by atoms with Gasteiger partial charge in [0.15, 0.2) is 0 Å². The SMILES string of the molecule is CCNC(=O)CC(SCC)C(=O)O. The van der Waals surface area contributed by atoms with Crippen molar-refractivity contribution in [2.75, 3.05) is 12.3 Å². The molecule has 0 heterocycles. The van der Waals surface area contributed by atoms with E-state index >= 15 is 0 Å². The van der Waals surface area contributed by atoms with E-state index < -0.39 is 11.2 Å². The molecule has 0 aromatic heterocycles. The van der Waals surface area contributed by atoms with Crippen molar-refractivity contribution in [1.82, 2.24) is 5.32 Å². The summed E-state index contributed by atoms with van der Waals surface area (Å²) in [7, 11) is 0. The molecule has 76 valence electrons. The van der Waals surface area contributed by atoms with E-state index in [9.17, 15) is 9.59 Å². The summed E-state index contributed by atoms with van der Waals surface area (Å²) in [5.41, 5.74) is 0. The van der Waals surface area contributed by atoms with Crippen LogP contribution in [-0.4, -0.2) is 34.5 Å². The topological polar surface area (TPSA) is 66.4 Å². The van der Waals surface area contributed by atoms with Gasteiger partial charge in [0.25, 0.3) is 0 Å². The lowest BCUT2D eigenvalue weighted by Gasteiger charge is -2.09. The Balaban J connectivity index is 3.94. The van der Waals surface area contributed by atoms with Crippen LogP contribution in [0.3, 0.4) is 0 Å². The summed E-state index contributed by atoms with van der Waals surface area (Å²) >= 11 is 1.28. The number of rotatable bonds is 6. The molecule has 1 unspecified atom stereocenters. The van der Waals surface area contributed by atoms with Crippen molar-refractivity contribution in [3.05, 3.63) is 0 Å². The summed E-state index contributed by atoms with van der Waals surface area (Å²) in [5.74, 6) is -0.412. The molecule has 0 radical (unpaired) electrons. The summed E-state index contributed by atoms with van der Waals surface area (Å²) in [5, 5.41) is 10.7. The minimum absolute atomic E-state index is 0.0572. The smallest absolute Gasteiger partial charge is 0.317 e. The lowest BCUT2D eigenvalue weighted by atomic mass is 10.3. The average Bonchev–Trinajstić information content (AvgIpc) is 2.04. The van der Waals surface area contributed by atoms with Gasteiger partial charge in [-0.1, -0.05) is 6.92 Å². The number of carboxylic acid groups (broad SMARTS) is 1. The molecular weight excluding hydrogens is 190 g/mol. The molecule has 0 saturated heterocycles. The van der Waals surface area contributed by atoms with Gasteiger partial charge in [0, 0.05) is 13.0 Å². The van der Waals surface area contributed by atoms with Crippen molar-refractivity contribution < 1.29 is 14.7 Å². The third-order valence-corrected chi connectivity index (χ3v) is 2.49. The van der Waals surface area contributed by atoms with E-state index in [1.54, 1.807) is 6.92 Å². The molecule has 0 rings (SSSR count). The van der Waals surface area contributed by atoms with Crippen molar-refractivity contribution in [3.63, 3.8) is 0 Å². The molecule has 1 amide bonds. The van der Waals surface area contributed by atoms with Gasteiger partial charge in [-0.25, -0.2) is 0 Å². The second-order valence-corrected chi connectivity index (χ2v) is 3.92. The molecule has 1 atom stereocenters. The number of carboxylic acids is 1. The molecular formula is C8H15NO3S. The third-order valence-electron chi connectivity index (χ3n) is 1.39. The van der Waals surface area contributed by atoms with E-state index in [0.717, 1.165) is 0 Å². The van der Waals surface area contributed by atoms with Crippen LogP contribution < -0.4 is 5.32 Å². The highest BCUT2D eigenvalue weighted by Gasteiger charge is 2.20. The first-order chi connectivity index (χ1) is 6.11. The van der Waals surface area contributed by atoms with Crippen LogP contribution in [0.1, 0.15) is 20.3 Å². The molecule has 0 aliphatic rings. The predicted molar refractivity (Wildman–Crippen MR) is 52.9 cm³/mol. The molecule has 0 spiro atoms. The number of hydrogen-bond donors (Lipinski definition) is 2. The van der Waals surface area contributed by atoms with Gasteiger partial charge in [-0.2, -0.15) is 0 Å². The Hall–Kier alpha value is -0.710. The van der Waals surface area contributed by atoms with Gasteiger partial charge >= 0.3 is 5.97 Å². The van der Waals surface area contributed by atoms with Gasteiger partial charge in [0.2, 0.25) is 5.91 Å². The van der Waals surface area contributed by atoms with Gasteiger partial charge in [0.1, 0.15) is 5.25 Å². The maximum Gasteiger partial charge on any atom is 0.317 e. The zero-order chi connectivity index (χ0) is 10.3. The third kappa shape index (κ3) is 5.52. The second kappa shape index (κ2) is 6.77. The highest BCUT2D eigenvalue weighted by atomic mass is 32.2. The molecule has 0 aliphatic carbocycles. The quantitative estimate of drug-likeness (QED) is 0.670. The van der Waals surface area contributed by atoms with Crippen molar-refractivity contribution in [2.45, 2.75) is 25.5 Å². The molecule has 0 bridgehead atoms. The Morgan fingerprint density at radius 3 is 2.46 bits per heavy atom. The van der Waals surface area contributed by atoms with Crippen LogP contribution in [-0.2, 0) is 9.59 Å². The Morgan fingerprint density at radius 1 is 1.46 bits per heavy atom. The fraction of sp³-hybridized carbons (Fsp3) is 0.750. The van der Waals surface area contributed by atoms with Crippen LogP contribution >= 0.6 is 11.8 Å². The first-order valence-corrected chi connectivity index (χ1v) is 5.27. The Morgan fingerprint density at radius 2 is 2.08 bits per heavy atom. The van der Waals surface area contributed by atoms with Crippen molar-refractivity contribution in [3.8, 4) is 0 Å². The van der Waals surface area contributed by atoms with E-state index in [4.69, 9.17) is 5.11 Å². The molecule has 0 saturated carbocycles. The van der Waals surface area contributed by atoms with E-state index in [1.807, 2.05) is 6.92 Å². The van der Waals surface area contributed by atoms with E-state index in [1.165, 1.54) is 11.8 Å². The van der Waals surface area contributed by atoms with Crippen LogP contribution in [0.2, 0.25) is 0 Å². The molecule has 0 aromatic carbocycles. The normalized spacial score (nSPS) is 12.2. The second-order valence-electron chi connectivity index (χ2n) is 2.44. The standard InChI is InChI=1S/C8H15NO3S/c1-3-9-7(10)5-6(8(11)12)13-4-2/h6H,3-5H2,1-2H3,(H,9,10)(H,11,12). The largest absolute Gasteiger partial charge is 0.480 e. The van der Waals surface area contributed by atoms with Crippen LogP contribution in [0.15, 0.2) is 0 Å². The average molecular weight is 205 g/mol. The number of carbonyl (C=O) groups excluding carboxylic acids is 1. The number of amides is 1. The highest BCUT2D eigenvalue weighted by molar-refractivity contribution is 8.00. The number of carbonyl (C=O) groups is 2. The van der Waals surface area contributed by atoms with Crippen LogP contribution in [0.4, 0.5) is 0 Å². The van der Waals surface area contributed by atoms with Crippen LogP contribution in [0.5, 0.6) is 0 Å². The zero-order valence-electron chi connectivity index (χ0n) is 7.87. The Labute approximate surface area is 82.1 Å². The number of thioether (sulfide) groups is 1. The van der Waals surface area contributed by atoms with Gasteiger partial charge < -0.3 is 10.4 Å². The summed E-state index contributed by atoms with van der Waals surface area (Å²) in [6.45, 7) is 4.22. The highest BCUT2D eigenvalue weighted by Crippen LogP contribution is 2.14. The van der Waals surface area contributed by atoms with Gasteiger partial charge in [0.05, 0.1) is 0 Å². The van der Waals surface area contributed by atoms with Crippen molar-refractivity contribution in [2.24, 2.45) is 0 Å². The molecule has 0 fully saturated rings. The maximum absolute atomic E-state index is 11.0. The van der Waals surface area contributed by atoms with E-state index in [-0.39, 0.29) is 12.3 Å². The molecule has 2 N–H and O–H groups in total. The number of aliphatic carboxylic acids is 1. The zero-order valence-corrected chi connectivity index (χ0v) is 8.69. The minimum Gasteiger partial charge on any atom is -0.480 e.